The van der Waals surface area contributed by atoms with Gasteiger partial charge in [-0.05, 0) is 49.8 Å². The van der Waals surface area contributed by atoms with Gasteiger partial charge in [-0.15, -0.1) is 0 Å². The van der Waals surface area contributed by atoms with E-state index in [1.807, 2.05) is 50.8 Å². The summed E-state index contributed by atoms with van der Waals surface area (Å²) in [5.74, 6) is -1.55. The number of nitrogens with zero attached hydrogens (tertiary/aromatic N) is 1. The minimum absolute atomic E-state index is 0.103. The molecule has 7 nitrogen and oxygen atoms in total. The normalized spacial score (nSPS) is 15.6. The number of aliphatic carboxylic acids is 1. The zero-order valence-corrected chi connectivity index (χ0v) is 17.8. The fourth-order valence-corrected chi connectivity index (χ4v) is 3.25. The van der Waals surface area contributed by atoms with Gasteiger partial charge in [0.05, 0.1) is 6.54 Å². The van der Waals surface area contributed by atoms with Crippen LogP contribution in [0.5, 0.6) is 0 Å². The number of anilines is 1. The van der Waals surface area contributed by atoms with Crippen LogP contribution >= 0.6 is 0 Å². The van der Waals surface area contributed by atoms with Crippen molar-refractivity contribution in [3.8, 4) is 0 Å². The number of nitrogens with one attached hydrogen (secondary N) is 2. The van der Waals surface area contributed by atoms with Crippen LogP contribution in [-0.4, -0.2) is 53.0 Å². The van der Waals surface area contributed by atoms with Crippen molar-refractivity contribution in [2.45, 2.75) is 65.5 Å². The molecular formula is C22H33N3O4. The lowest BCUT2D eigenvalue weighted by Crippen LogP contribution is -2.46. The highest BCUT2D eigenvalue weighted by Crippen LogP contribution is 2.27. The lowest BCUT2D eigenvalue weighted by Gasteiger charge is -2.23. The number of hydrogen-bond donors (Lipinski definition) is 3. The molecule has 1 aliphatic rings. The van der Waals surface area contributed by atoms with Gasteiger partial charge in [-0.2, -0.15) is 0 Å². The first kappa shape index (κ1) is 22.9. The largest absolute Gasteiger partial charge is 0.480 e. The van der Waals surface area contributed by atoms with E-state index >= 15 is 0 Å². The molecule has 0 saturated heterocycles. The molecule has 0 bridgehead atoms. The summed E-state index contributed by atoms with van der Waals surface area (Å²) < 4.78 is 0. The van der Waals surface area contributed by atoms with Crippen LogP contribution < -0.4 is 10.6 Å². The second-order valence-corrected chi connectivity index (χ2v) is 8.09. The number of carbonyl (C=O) groups is 3. The molecule has 2 rings (SSSR count). The van der Waals surface area contributed by atoms with Crippen LogP contribution in [-0.2, 0) is 14.4 Å². The monoisotopic (exact) mass is 403 g/mol. The first-order valence-electron chi connectivity index (χ1n) is 10.3. The molecule has 0 aliphatic heterocycles. The van der Waals surface area contributed by atoms with Crippen molar-refractivity contribution in [3.05, 3.63) is 29.3 Å². The minimum Gasteiger partial charge on any atom is -0.480 e. The van der Waals surface area contributed by atoms with Crippen molar-refractivity contribution in [1.29, 1.82) is 0 Å². The predicted molar refractivity (Wildman–Crippen MR) is 113 cm³/mol. The molecule has 2 amide bonds. The number of carboxylic acids is 1. The fraction of sp³-hybridized carbons (Fsp3) is 0.591. The lowest BCUT2D eigenvalue weighted by molar-refractivity contribution is -0.143. The second-order valence-electron chi connectivity index (χ2n) is 8.09. The van der Waals surface area contributed by atoms with E-state index in [2.05, 4.69) is 10.6 Å². The maximum atomic E-state index is 12.5. The summed E-state index contributed by atoms with van der Waals surface area (Å²) >= 11 is 0. The summed E-state index contributed by atoms with van der Waals surface area (Å²) in [6.45, 7) is 8.30. The Morgan fingerprint density at radius 2 is 1.90 bits per heavy atom. The van der Waals surface area contributed by atoms with Crippen LogP contribution in [0.15, 0.2) is 18.2 Å². The summed E-state index contributed by atoms with van der Waals surface area (Å²) in [5.41, 5.74) is 2.89. The number of hydrogen-bond acceptors (Lipinski definition) is 4. The van der Waals surface area contributed by atoms with Gasteiger partial charge in [0.15, 0.2) is 0 Å². The zero-order chi connectivity index (χ0) is 21.6. The molecule has 2 atom stereocenters. The molecule has 1 saturated carbocycles. The van der Waals surface area contributed by atoms with Crippen LogP contribution in [0.4, 0.5) is 5.69 Å². The third kappa shape index (κ3) is 7.16. The van der Waals surface area contributed by atoms with Crippen molar-refractivity contribution in [2.24, 2.45) is 5.92 Å². The van der Waals surface area contributed by atoms with E-state index in [1.54, 1.807) is 0 Å². The Bertz CT molecular complexity index is 746. The Kier molecular flexibility index (Phi) is 8.20. The molecule has 0 heterocycles. The van der Waals surface area contributed by atoms with Crippen LogP contribution in [0.2, 0.25) is 0 Å². The third-order valence-electron chi connectivity index (χ3n) is 5.50. The SMILES string of the molecule is CCC(C)C(NC(=O)CCN(CC(=O)Nc1cc(C)ccc1C)C1CC1)C(=O)O. The number of benzene rings is 1. The quantitative estimate of drug-likeness (QED) is 0.528. The minimum atomic E-state index is -1.01. The van der Waals surface area contributed by atoms with Gasteiger partial charge in [0, 0.05) is 24.7 Å². The van der Waals surface area contributed by atoms with Gasteiger partial charge in [-0.1, -0.05) is 32.4 Å². The molecule has 29 heavy (non-hydrogen) atoms. The molecule has 1 aliphatic carbocycles. The van der Waals surface area contributed by atoms with E-state index in [0.717, 1.165) is 29.7 Å². The van der Waals surface area contributed by atoms with E-state index in [9.17, 15) is 19.5 Å². The van der Waals surface area contributed by atoms with E-state index in [-0.39, 0.29) is 30.7 Å². The maximum Gasteiger partial charge on any atom is 0.326 e. The first-order chi connectivity index (χ1) is 13.7. The van der Waals surface area contributed by atoms with E-state index in [0.29, 0.717) is 19.0 Å². The third-order valence-corrected chi connectivity index (χ3v) is 5.50. The Morgan fingerprint density at radius 1 is 1.21 bits per heavy atom. The standard InChI is InChI=1S/C22H33N3O4/c1-5-15(3)21(22(28)29)24-19(26)10-11-25(17-8-9-17)13-20(27)23-18-12-14(2)6-7-16(18)4/h6-7,12,15,17,21H,5,8-11,13H2,1-4H3,(H,23,27)(H,24,26)(H,28,29). The molecule has 2 unspecified atom stereocenters. The molecule has 1 aromatic carbocycles. The Morgan fingerprint density at radius 3 is 2.48 bits per heavy atom. The van der Waals surface area contributed by atoms with Crippen LogP contribution in [0.3, 0.4) is 0 Å². The van der Waals surface area contributed by atoms with E-state index < -0.39 is 12.0 Å². The zero-order valence-electron chi connectivity index (χ0n) is 17.8. The fourth-order valence-electron chi connectivity index (χ4n) is 3.25. The average molecular weight is 404 g/mol. The highest BCUT2D eigenvalue weighted by atomic mass is 16.4. The Labute approximate surface area is 172 Å². The second kappa shape index (κ2) is 10.4. The molecule has 0 spiro atoms. The van der Waals surface area contributed by atoms with Gasteiger partial charge in [0.25, 0.3) is 0 Å². The first-order valence-corrected chi connectivity index (χ1v) is 10.3. The maximum absolute atomic E-state index is 12.5. The van der Waals surface area contributed by atoms with Crippen LogP contribution in [0, 0.1) is 19.8 Å². The summed E-state index contributed by atoms with van der Waals surface area (Å²) in [6.07, 6.45) is 2.88. The average Bonchev–Trinajstić information content (AvgIpc) is 3.50. The molecule has 3 N–H and O–H groups in total. The molecule has 160 valence electrons. The van der Waals surface area contributed by atoms with Gasteiger partial charge in [0.2, 0.25) is 11.8 Å². The number of carbonyl (C=O) groups excluding carboxylic acids is 2. The number of carboxylic acid groups (broad SMARTS) is 1. The van der Waals surface area contributed by atoms with Gasteiger partial charge in [0.1, 0.15) is 6.04 Å². The number of rotatable bonds is 11. The van der Waals surface area contributed by atoms with Gasteiger partial charge in [-0.25, -0.2) is 4.79 Å². The van der Waals surface area contributed by atoms with Crippen molar-refractivity contribution >= 4 is 23.5 Å². The summed E-state index contributed by atoms with van der Waals surface area (Å²) in [5, 5.41) is 14.9. The molecule has 7 heteroatoms. The summed E-state index contributed by atoms with van der Waals surface area (Å²) in [7, 11) is 0. The number of aryl methyl sites for hydroxylation is 2. The highest BCUT2D eigenvalue weighted by Gasteiger charge is 2.31. The van der Waals surface area contributed by atoms with Crippen molar-refractivity contribution in [2.75, 3.05) is 18.4 Å². The molecule has 1 fully saturated rings. The van der Waals surface area contributed by atoms with Gasteiger partial charge < -0.3 is 15.7 Å². The molecule has 1 aromatic rings. The molecule has 0 radical (unpaired) electrons. The summed E-state index contributed by atoms with van der Waals surface area (Å²) in [4.78, 5) is 38.2. The molecule has 0 aromatic heterocycles. The van der Waals surface area contributed by atoms with Gasteiger partial charge in [-0.3, -0.25) is 14.5 Å². The highest BCUT2D eigenvalue weighted by molar-refractivity contribution is 5.93. The van der Waals surface area contributed by atoms with Crippen LogP contribution in [0.1, 0.15) is 50.7 Å². The predicted octanol–water partition coefficient (Wildman–Crippen LogP) is 2.71. The van der Waals surface area contributed by atoms with Crippen molar-refractivity contribution < 1.29 is 19.5 Å². The number of amides is 2. The van der Waals surface area contributed by atoms with Crippen LogP contribution in [0.25, 0.3) is 0 Å². The van der Waals surface area contributed by atoms with E-state index in [1.165, 1.54) is 0 Å². The van der Waals surface area contributed by atoms with Crippen molar-refractivity contribution in [1.82, 2.24) is 10.2 Å². The molecular weight excluding hydrogens is 370 g/mol. The van der Waals surface area contributed by atoms with Crippen molar-refractivity contribution in [3.63, 3.8) is 0 Å². The summed E-state index contributed by atoms with van der Waals surface area (Å²) in [6, 6.07) is 5.36. The van der Waals surface area contributed by atoms with Gasteiger partial charge >= 0.3 is 5.97 Å². The Hall–Kier alpha value is -2.41. The smallest absolute Gasteiger partial charge is 0.326 e. The topological polar surface area (TPSA) is 98.7 Å². The van der Waals surface area contributed by atoms with E-state index in [4.69, 9.17) is 0 Å². The Balaban J connectivity index is 1.88. The lowest BCUT2D eigenvalue weighted by atomic mass is 9.99.